The number of nitrogens with zero attached hydrogens (tertiary/aromatic N) is 5. The summed E-state index contributed by atoms with van der Waals surface area (Å²) in [4.78, 5) is 26.1. The summed E-state index contributed by atoms with van der Waals surface area (Å²) in [6, 6.07) is 8.27. The molecule has 9 nitrogen and oxygen atoms in total. The Hall–Kier alpha value is -3.15. The average molecular weight is 476 g/mol. The molecule has 1 aromatic carbocycles. The molecule has 0 bridgehead atoms. The van der Waals surface area contributed by atoms with Crippen molar-refractivity contribution in [3.63, 3.8) is 0 Å². The van der Waals surface area contributed by atoms with Crippen LogP contribution in [0, 0.1) is 0 Å². The van der Waals surface area contributed by atoms with Crippen LogP contribution >= 0.6 is 11.6 Å². The fourth-order valence-corrected chi connectivity index (χ4v) is 4.69. The molecule has 0 amide bonds. The minimum absolute atomic E-state index is 0.0475. The van der Waals surface area contributed by atoms with Crippen molar-refractivity contribution in [3.05, 3.63) is 75.1 Å². The van der Waals surface area contributed by atoms with Gasteiger partial charge in [0.25, 0.3) is 5.92 Å². The molecular formula is C21H20ClF2N7O2. The minimum Gasteiger partial charge on any atom is -0.383 e. The molecule has 33 heavy (non-hydrogen) atoms. The number of halogens is 3. The molecule has 3 unspecified atom stereocenters. The van der Waals surface area contributed by atoms with Crippen LogP contribution in [0.25, 0.3) is 0 Å². The molecule has 172 valence electrons. The predicted octanol–water partition coefficient (Wildman–Crippen LogP) is 2.38. The Kier molecular flexibility index (Phi) is 5.26. The monoisotopic (exact) mass is 475 g/mol. The number of nitrogens with two attached hydrogens (primary N) is 2. The van der Waals surface area contributed by atoms with E-state index in [4.69, 9.17) is 27.8 Å². The third-order valence-electron chi connectivity index (χ3n) is 5.82. The fourth-order valence-electron chi connectivity index (χ4n) is 4.49. The van der Waals surface area contributed by atoms with E-state index in [0.717, 1.165) is 15.7 Å². The molecule has 1 saturated heterocycles. The number of fused-ring (bicyclic) bond motifs is 1. The first-order valence-corrected chi connectivity index (χ1v) is 10.6. The first-order chi connectivity index (χ1) is 15.7. The van der Waals surface area contributed by atoms with E-state index in [1.165, 1.54) is 12.3 Å². The molecule has 0 saturated carbocycles. The Bertz CT molecular complexity index is 1270. The number of hydrogen-bond donors (Lipinski definition) is 2. The van der Waals surface area contributed by atoms with Gasteiger partial charge >= 0.3 is 5.69 Å². The lowest BCUT2D eigenvalue weighted by Crippen LogP contribution is -2.35. The zero-order valence-electron chi connectivity index (χ0n) is 17.2. The Morgan fingerprint density at radius 1 is 1.24 bits per heavy atom. The number of aromatic nitrogens is 4. The normalized spacial score (nSPS) is 24.2. The van der Waals surface area contributed by atoms with Crippen LogP contribution in [0.1, 0.15) is 35.5 Å². The van der Waals surface area contributed by atoms with E-state index < -0.39 is 30.4 Å². The van der Waals surface area contributed by atoms with E-state index in [9.17, 15) is 13.6 Å². The summed E-state index contributed by atoms with van der Waals surface area (Å²) in [7, 11) is 0. The van der Waals surface area contributed by atoms with Crippen molar-refractivity contribution in [1.29, 1.82) is 0 Å². The first-order valence-electron chi connectivity index (χ1n) is 10.2. The van der Waals surface area contributed by atoms with Crippen molar-refractivity contribution in [1.82, 2.24) is 24.4 Å². The molecular weight excluding hydrogens is 456 g/mol. The fraction of sp³-hybridized carbons (Fsp3) is 0.333. The molecule has 3 aromatic rings. The van der Waals surface area contributed by atoms with Gasteiger partial charge in [-0.3, -0.25) is 9.47 Å². The quantitative estimate of drug-likeness (QED) is 0.589. The van der Waals surface area contributed by atoms with Crippen LogP contribution in [0.15, 0.2) is 47.5 Å². The summed E-state index contributed by atoms with van der Waals surface area (Å²) in [5.41, 5.74) is 12.8. The smallest absolute Gasteiger partial charge is 0.351 e. The van der Waals surface area contributed by atoms with Gasteiger partial charge in [-0.1, -0.05) is 23.7 Å². The molecule has 4 heterocycles. The molecule has 3 atom stereocenters. The Balaban J connectivity index is 1.44. The topological polar surface area (TPSA) is 125 Å². The van der Waals surface area contributed by atoms with Gasteiger partial charge in [0.15, 0.2) is 0 Å². The molecule has 12 heteroatoms. The molecule has 4 N–H and O–H groups in total. The summed E-state index contributed by atoms with van der Waals surface area (Å²) < 4.78 is 36.2. The van der Waals surface area contributed by atoms with Gasteiger partial charge in [-0.15, -0.1) is 0 Å². The van der Waals surface area contributed by atoms with Crippen molar-refractivity contribution in [2.24, 2.45) is 0 Å². The minimum atomic E-state index is -3.27. The van der Waals surface area contributed by atoms with Crippen LogP contribution in [0.2, 0.25) is 5.02 Å². The van der Waals surface area contributed by atoms with Gasteiger partial charge in [0.1, 0.15) is 5.82 Å². The Morgan fingerprint density at radius 3 is 2.82 bits per heavy atom. The molecule has 0 spiro atoms. The highest BCUT2D eigenvalue weighted by molar-refractivity contribution is 6.30. The van der Waals surface area contributed by atoms with Crippen LogP contribution in [-0.2, 0) is 11.3 Å². The molecule has 0 radical (unpaired) electrons. The van der Waals surface area contributed by atoms with Gasteiger partial charge in [0, 0.05) is 42.5 Å². The summed E-state index contributed by atoms with van der Waals surface area (Å²) in [5, 5.41) is 0.552. The van der Waals surface area contributed by atoms with Crippen molar-refractivity contribution in [2.45, 2.75) is 37.3 Å². The van der Waals surface area contributed by atoms with Gasteiger partial charge in [0.2, 0.25) is 12.2 Å². The van der Waals surface area contributed by atoms with E-state index in [-0.39, 0.29) is 24.4 Å². The van der Waals surface area contributed by atoms with Crippen LogP contribution in [-0.4, -0.2) is 43.0 Å². The molecule has 2 aromatic heterocycles. The number of ether oxygens (including phenoxy) is 1. The number of anilines is 2. The van der Waals surface area contributed by atoms with Gasteiger partial charge in [-0.05, 0) is 23.8 Å². The predicted molar refractivity (Wildman–Crippen MR) is 117 cm³/mol. The zero-order chi connectivity index (χ0) is 23.3. The van der Waals surface area contributed by atoms with Crippen molar-refractivity contribution >= 4 is 23.4 Å². The lowest BCUT2D eigenvalue weighted by Gasteiger charge is -2.27. The van der Waals surface area contributed by atoms with Crippen molar-refractivity contribution < 1.29 is 13.5 Å². The molecule has 2 aliphatic heterocycles. The third kappa shape index (κ3) is 4.03. The van der Waals surface area contributed by atoms with Crippen molar-refractivity contribution in [2.75, 3.05) is 18.0 Å². The van der Waals surface area contributed by atoms with Crippen molar-refractivity contribution in [3.8, 4) is 0 Å². The number of nitrogen functional groups attached to an aromatic ring is 2. The molecule has 2 aliphatic rings. The van der Waals surface area contributed by atoms with E-state index in [1.807, 2.05) is 23.1 Å². The van der Waals surface area contributed by atoms with Crippen LogP contribution in [0.3, 0.4) is 0 Å². The second-order valence-electron chi connectivity index (χ2n) is 8.14. The van der Waals surface area contributed by atoms with Gasteiger partial charge < -0.3 is 16.2 Å². The Morgan fingerprint density at radius 2 is 2.06 bits per heavy atom. The number of alkyl halides is 2. The second kappa shape index (κ2) is 8.01. The van der Waals surface area contributed by atoms with Gasteiger partial charge in [-0.25, -0.2) is 23.5 Å². The van der Waals surface area contributed by atoms with Gasteiger partial charge in [0.05, 0.1) is 17.8 Å². The van der Waals surface area contributed by atoms with E-state index in [0.29, 0.717) is 17.3 Å². The second-order valence-corrected chi connectivity index (χ2v) is 8.57. The lowest BCUT2D eigenvalue weighted by atomic mass is 10.0. The number of rotatable bonds is 4. The summed E-state index contributed by atoms with van der Waals surface area (Å²) in [5.74, 6) is -3.18. The Labute approximate surface area is 192 Å². The van der Waals surface area contributed by atoms with E-state index in [2.05, 4.69) is 15.0 Å². The third-order valence-corrected chi connectivity index (χ3v) is 6.06. The average Bonchev–Trinajstić information content (AvgIpc) is 3.23. The van der Waals surface area contributed by atoms with Crippen LogP contribution < -0.4 is 17.2 Å². The SMILES string of the molecule is Nc1ccn(C2OC(CN3Cc4nc(N)ncc4C3c3cccc(Cl)c3)CC2(F)F)c(=O)n1. The standard InChI is InChI=1S/C21H20ClF2N7O2/c22-12-3-1-2-11(6-12)17-14-8-27-19(26)28-15(14)10-30(17)9-13-7-21(23,24)18(33-13)31-5-4-16(25)29-20(31)32/h1-6,8,13,17-18H,7,9-10H2,(H2,25,29,32)(H2,26,27,28). The summed E-state index contributed by atoms with van der Waals surface area (Å²) in [6.45, 7) is 0.537. The molecule has 1 fully saturated rings. The lowest BCUT2D eigenvalue weighted by molar-refractivity contribution is -0.119. The maximum absolute atomic E-state index is 14.9. The van der Waals surface area contributed by atoms with E-state index in [1.54, 1.807) is 12.3 Å². The van der Waals surface area contributed by atoms with E-state index >= 15 is 0 Å². The first kappa shape index (κ1) is 21.7. The maximum Gasteiger partial charge on any atom is 0.351 e. The summed E-state index contributed by atoms with van der Waals surface area (Å²) in [6.07, 6.45) is -0.360. The zero-order valence-corrected chi connectivity index (χ0v) is 18.0. The molecule has 0 aliphatic carbocycles. The van der Waals surface area contributed by atoms with Gasteiger partial charge in [-0.2, -0.15) is 4.98 Å². The number of benzene rings is 1. The molecule has 5 rings (SSSR count). The van der Waals surface area contributed by atoms with Crippen LogP contribution in [0.5, 0.6) is 0 Å². The summed E-state index contributed by atoms with van der Waals surface area (Å²) >= 11 is 6.20. The highest BCUT2D eigenvalue weighted by atomic mass is 35.5. The number of hydrogen-bond acceptors (Lipinski definition) is 8. The maximum atomic E-state index is 14.9. The highest BCUT2D eigenvalue weighted by Crippen LogP contribution is 2.44. The highest BCUT2D eigenvalue weighted by Gasteiger charge is 2.52. The largest absolute Gasteiger partial charge is 0.383 e. The van der Waals surface area contributed by atoms with Crippen LogP contribution in [0.4, 0.5) is 20.5 Å².